The fourth-order valence-electron chi connectivity index (χ4n) is 3.46. The van der Waals surface area contributed by atoms with E-state index in [1.165, 1.54) is 24.3 Å². The number of benzene rings is 2. The van der Waals surface area contributed by atoms with E-state index in [0.717, 1.165) is 31.2 Å². The van der Waals surface area contributed by atoms with Crippen molar-refractivity contribution in [3.8, 4) is 0 Å². The van der Waals surface area contributed by atoms with Crippen molar-refractivity contribution in [2.24, 2.45) is 5.92 Å². The Morgan fingerprint density at radius 1 is 1.10 bits per heavy atom. The number of rotatable bonds is 5. The topological polar surface area (TPSA) is 55.4 Å². The molecule has 29 heavy (non-hydrogen) atoms. The summed E-state index contributed by atoms with van der Waals surface area (Å²) in [6.07, 6.45) is -3.30. The minimum absolute atomic E-state index is 0.0160. The number of ether oxygens (including phenoxy) is 1. The van der Waals surface area contributed by atoms with Crippen LogP contribution in [0.3, 0.4) is 0 Å². The summed E-state index contributed by atoms with van der Waals surface area (Å²) in [6, 6.07) is 8.67. The van der Waals surface area contributed by atoms with Crippen LogP contribution in [-0.2, 0) is 20.5 Å². The number of hydrogen-bond acceptors (Lipinski definition) is 3. The van der Waals surface area contributed by atoms with Crippen LogP contribution < -0.4 is 5.32 Å². The maximum atomic E-state index is 13.1. The molecule has 1 aliphatic rings. The van der Waals surface area contributed by atoms with Crippen LogP contribution in [-0.4, -0.2) is 19.0 Å². The summed E-state index contributed by atoms with van der Waals surface area (Å²) in [5.41, 5.74) is -0.143. The molecular formula is C21H19F4NO3. The van der Waals surface area contributed by atoms with E-state index in [1.54, 1.807) is 12.1 Å². The van der Waals surface area contributed by atoms with Gasteiger partial charge < -0.3 is 10.1 Å². The second-order valence-corrected chi connectivity index (χ2v) is 6.93. The van der Waals surface area contributed by atoms with E-state index in [0.29, 0.717) is 6.42 Å². The summed E-state index contributed by atoms with van der Waals surface area (Å²) in [5.74, 6) is -2.31. The highest BCUT2D eigenvalue weighted by molar-refractivity contribution is 5.87. The third kappa shape index (κ3) is 4.58. The van der Waals surface area contributed by atoms with Crippen LogP contribution in [0.5, 0.6) is 0 Å². The second-order valence-electron chi connectivity index (χ2n) is 6.93. The molecule has 0 saturated heterocycles. The zero-order chi connectivity index (χ0) is 21.2. The first kappa shape index (κ1) is 20.8. The molecule has 2 aromatic carbocycles. The number of carbonyl (C=O) groups is 2. The molecule has 0 aliphatic heterocycles. The predicted molar refractivity (Wildman–Crippen MR) is 96.2 cm³/mol. The average Bonchev–Trinajstić information content (AvgIpc) is 2.66. The largest absolute Gasteiger partial charge is 0.467 e. The van der Waals surface area contributed by atoms with Crippen LogP contribution >= 0.6 is 0 Å². The summed E-state index contributed by atoms with van der Waals surface area (Å²) in [5, 5.41) is 2.52. The Kier molecular flexibility index (Phi) is 5.91. The SMILES string of the molecule is COC(=O)C(NC(=O)C1CCC1c1ccc(F)cc1)c1cccc(C(F)(F)F)c1. The lowest BCUT2D eigenvalue weighted by atomic mass is 9.69. The first-order valence-corrected chi connectivity index (χ1v) is 9.01. The maximum Gasteiger partial charge on any atom is 0.416 e. The van der Waals surface area contributed by atoms with E-state index in [1.807, 2.05) is 0 Å². The minimum atomic E-state index is -4.58. The molecule has 0 radical (unpaired) electrons. The summed E-state index contributed by atoms with van der Waals surface area (Å²) >= 11 is 0. The molecule has 154 valence electrons. The fraction of sp³-hybridized carbons (Fsp3) is 0.333. The normalized spacial score (nSPS) is 19.8. The van der Waals surface area contributed by atoms with Gasteiger partial charge in [-0.25, -0.2) is 9.18 Å². The van der Waals surface area contributed by atoms with Crippen molar-refractivity contribution in [1.29, 1.82) is 0 Å². The molecule has 1 fully saturated rings. The Labute approximate surface area is 164 Å². The molecule has 8 heteroatoms. The van der Waals surface area contributed by atoms with Crippen LogP contribution in [0.15, 0.2) is 48.5 Å². The van der Waals surface area contributed by atoms with Gasteiger partial charge in [0.05, 0.1) is 12.7 Å². The highest BCUT2D eigenvalue weighted by Gasteiger charge is 2.39. The molecule has 1 N–H and O–H groups in total. The van der Waals surface area contributed by atoms with Crippen molar-refractivity contribution in [3.05, 3.63) is 71.0 Å². The first-order chi connectivity index (χ1) is 13.7. The van der Waals surface area contributed by atoms with Gasteiger partial charge in [-0.3, -0.25) is 4.79 Å². The van der Waals surface area contributed by atoms with Gasteiger partial charge in [0.2, 0.25) is 5.91 Å². The summed E-state index contributed by atoms with van der Waals surface area (Å²) in [7, 11) is 1.10. The van der Waals surface area contributed by atoms with Crippen molar-refractivity contribution in [2.45, 2.75) is 31.0 Å². The van der Waals surface area contributed by atoms with E-state index in [4.69, 9.17) is 0 Å². The van der Waals surface area contributed by atoms with Crippen molar-refractivity contribution < 1.29 is 31.9 Å². The maximum absolute atomic E-state index is 13.1. The fourth-order valence-corrected chi connectivity index (χ4v) is 3.46. The summed E-state index contributed by atoms with van der Waals surface area (Å²) in [4.78, 5) is 24.9. The van der Waals surface area contributed by atoms with E-state index < -0.39 is 35.6 Å². The van der Waals surface area contributed by atoms with Gasteiger partial charge in [-0.15, -0.1) is 0 Å². The van der Waals surface area contributed by atoms with Gasteiger partial charge in [0.25, 0.3) is 0 Å². The molecule has 3 atom stereocenters. The zero-order valence-electron chi connectivity index (χ0n) is 15.5. The van der Waals surface area contributed by atoms with Crippen molar-refractivity contribution in [1.82, 2.24) is 5.32 Å². The number of alkyl halides is 3. The Bertz CT molecular complexity index is 896. The monoisotopic (exact) mass is 409 g/mol. The van der Waals surface area contributed by atoms with E-state index in [9.17, 15) is 27.2 Å². The molecule has 2 aromatic rings. The first-order valence-electron chi connectivity index (χ1n) is 9.01. The van der Waals surface area contributed by atoms with Crippen LogP contribution in [0.2, 0.25) is 0 Å². The molecule has 1 amide bonds. The van der Waals surface area contributed by atoms with E-state index in [2.05, 4.69) is 10.1 Å². The van der Waals surface area contributed by atoms with Gasteiger partial charge in [0, 0.05) is 5.92 Å². The van der Waals surface area contributed by atoms with Crippen LogP contribution in [0, 0.1) is 11.7 Å². The number of methoxy groups -OCH3 is 1. The third-order valence-electron chi connectivity index (χ3n) is 5.18. The summed E-state index contributed by atoms with van der Waals surface area (Å²) in [6.45, 7) is 0. The number of amides is 1. The summed E-state index contributed by atoms with van der Waals surface area (Å²) < 4.78 is 56.8. The number of hydrogen-bond donors (Lipinski definition) is 1. The molecule has 3 unspecified atom stereocenters. The Morgan fingerprint density at radius 3 is 2.34 bits per heavy atom. The van der Waals surface area contributed by atoms with Gasteiger partial charge in [-0.1, -0.05) is 24.3 Å². The standard InChI is InChI=1S/C21H19F4NO3/c1-29-20(28)18(13-3-2-4-14(11-13)21(23,24)25)26-19(27)17-10-9-16(17)12-5-7-15(22)8-6-12/h2-8,11,16-18H,9-10H2,1H3,(H,26,27). The number of nitrogens with one attached hydrogen (secondary N) is 1. The van der Waals surface area contributed by atoms with Gasteiger partial charge in [0.15, 0.2) is 6.04 Å². The average molecular weight is 409 g/mol. The molecule has 3 rings (SSSR count). The predicted octanol–water partition coefficient (Wildman–Crippen LogP) is 4.37. The quantitative estimate of drug-likeness (QED) is 0.590. The van der Waals surface area contributed by atoms with Crippen molar-refractivity contribution >= 4 is 11.9 Å². The number of carbonyl (C=O) groups excluding carboxylic acids is 2. The molecular weight excluding hydrogens is 390 g/mol. The Hall–Kier alpha value is -2.90. The highest BCUT2D eigenvalue weighted by atomic mass is 19.4. The lowest BCUT2D eigenvalue weighted by Crippen LogP contribution is -2.43. The lowest BCUT2D eigenvalue weighted by molar-refractivity contribution is -0.146. The minimum Gasteiger partial charge on any atom is -0.467 e. The molecule has 1 saturated carbocycles. The highest BCUT2D eigenvalue weighted by Crippen LogP contribution is 2.43. The number of halogens is 4. The van der Waals surface area contributed by atoms with Gasteiger partial charge in [0.1, 0.15) is 5.82 Å². The molecule has 0 heterocycles. The Balaban J connectivity index is 1.80. The third-order valence-corrected chi connectivity index (χ3v) is 5.18. The lowest BCUT2D eigenvalue weighted by Gasteiger charge is -2.36. The molecule has 4 nitrogen and oxygen atoms in total. The van der Waals surface area contributed by atoms with Gasteiger partial charge >= 0.3 is 12.1 Å². The molecule has 0 aromatic heterocycles. The Morgan fingerprint density at radius 2 is 1.79 bits per heavy atom. The van der Waals surface area contributed by atoms with Gasteiger partial charge in [-0.2, -0.15) is 13.2 Å². The molecule has 0 bridgehead atoms. The number of esters is 1. The smallest absolute Gasteiger partial charge is 0.416 e. The van der Waals surface area contributed by atoms with E-state index in [-0.39, 0.29) is 17.3 Å². The van der Waals surface area contributed by atoms with Crippen LogP contribution in [0.4, 0.5) is 17.6 Å². The second kappa shape index (κ2) is 8.23. The van der Waals surface area contributed by atoms with Crippen LogP contribution in [0.25, 0.3) is 0 Å². The van der Waals surface area contributed by atoms with Crippen molar-refractivity contribution in [3.63, 3.8) is 0 Å². The van der Waals surface area contributed by atoms with E-state index >= 15 is 0 Å². The molecule has 1 aliphatic carbocycles. The van der Waals surface area contributed by atoms with Gasteiger partial charge in [-0.05, 0) is 54.2 Å². The molecule has 0 spiro atoms. The van der Waals surface area contributed by atoms with Crippen molar-refractivity contribution in [2.75, 3.05) is 7.11 Å². The van der Waals surface area contributed by atoms with Crippen LogP contribution in [0.1, 0.15) is 41.5 Å². The zero-order valence-corrected chi connectivity index (χ0v) is 15.5.